The van der Waals surface area contributed by atoms with Gasteiger partial charge in [0.25, 0.3) is 0 Å². The Morgan fingerprint density at radius 1 is 0.636 bits per heavy atom. The van der Waals surface area contributed by atoms with Gasteiger partial charge in [-0.05, 0) is 50.0 Å². The first-order chi connectivity index (χ1) is 15.8. The van der Waals surface area contributed by atoms with Crippen LogP contribution in [0.4, 0.5) is 0 Å². The molecule has 5 aromatic rings. The highest BCUT2D eigenvalue weighted by atomic mass is 16.7. The summed E-state index contributed by atoms with van der Waals surface area (Å²) in [5.41, 5.74) is 3.40. The first-order valence-corrected chi connectivity index (χ1v) is 11.5. The van der Waals surface area contributed by atoms with Gasteiger partial charge in [0, 0.05) is 21.7 Å². The van der Waals surface area contributed by atoms with Gasteiger partial charge in [-0.3, -0.25) is 0 Å². The summed E-state index contributed by atoms with van der Waals surface area (Å²) < 4.78 is 12.5. The predicted octanol–water partition coefficient (Wildman–Crippen LogP) is 6.51. The third kappa shape index (κ3) is 3.17. The second kappa shape index (κ2) is 7.15. The van der Waals surface area contributed by atoms with Crippen LogP contribution in [0.2, 0.25) is 0 Å². The fraction of sp³-hybridized carbons (Fsp3) is 0.207. The Morgan fingerprint density at radius 3 is 2.00 bits per heavy atom. The molecule has 1 aliphatic heterocycles. The Kier molecular flexibility index (Phi) is 4.42. The third-order valence-electron chi connectivity index (χ3n) is 7.30. The molecule has 0 saturated carbocycles. The lowest BCUT2D eigenvalue weighted by molar-refractivity contribution is 0.00578. The number of para-hydroxylation sites is 1. The fourth-order valence-corrected chi connectivity index (χ4v) is 4.72. The highest BCUT2D eigenvalue weighted by molar-refractivity contribution is 6.62. The molecule has 0 atom stereocenters. The van der Waals surface area contributed by atoms with E-state index in [-0.39, 0.29) is 18.3 Å². The molecule has 0 aliphatic carbocycles. The minimum atomic E-state index is -0.366. The van der Waals surface area contributed by atoms with Gasteiger partial charge in [0.15, 0.2) is 0 Å². The third-order valence-corrected chi connectivity index (χ3v) is 7.30. The van der Waals surface area contributed by atoms with E-state index in [9.17, 15) is 0 Å². The summed E-state index contributed by atoms with van der Waals surface area (Å²) in [5.74, 6) is 0. The van der Waals surface area contributed by atoms with E-state index in [2.05, 4.69) is 113 Å². The Labute approximate surface area is 194 Å². The maximum atomic E-state index is 6.23. The molecule has 1 aliphatic rings. The Balaban J connectivity index is 1.51. The van der Waals surface area contributed by atoms with Crippen LogP contribution in [-0.4, -0.2) is 23.3 Å². The van der Waals surface area contributed by atoms with Crippen molar-refractivity contribution in [3.63, 3.8) is 0 Å². The van der Waals surface area contributed by atoms with Crippen molar-refractivity contribution in [1.29, 1.82) is 0 Å². The molecule has 33 heavy (non-hydrogen) atoms. The molecular formula is C29H26BNO2. The molecule has 6 rings (SSSR count). The quantitative estimate of drug-likeness (QED) is 0.236. The van der Waals surface area contributed by atoms with Gasteiger partial charge in [-0.1, -0.05) is 78.9 Å². The topological polar surface area (TPSA) is 31.4 Å². The van der Waals surface area contributed by atoms with Crippen LogP contribution in [0.3, 0.4) is 0 Å². The van der Waals surface area contributed by atoms with Crippen LogP contribution < -0.4 is 5.46 Å². The van der Waals surface area contributed by atoms with Crippen molar-refractivity contribution in [2.45, 2.75) is 38.9 Å². The zero-order valence-corrected chi connectivity index (χ0v) is 19.4. The van der Waals surface area contributed by atoms with Crippen LogP contribution in [0.5, 0.6) is 0 Å². The summed E-state index contributed by atoms with van der Waals surface area (Å²) >= 11 is 0. The van der Waals surface area contributed by atoms with E-state index in [1.54, 1.807) is 0 Å². The molecule has 4 aromatic carbocycles. The average molecular weight is 431 g/mol. The summed E-state index contributed by atoms with van der Waals surface area (Å²) in [6.07, 6.45) is 0. The number of benzene rings is 4. The lowest BCUT2D eigenvalue weighted by atomic mass is 9.78. The molecule has 162 valence electrons. The number of fused-ring (bicyclic) bond motifs is 5. The monoisotopic (exact) mass is 431 g/mol. The molecule has 4 heteroatoms. The highest BCUT2D eigenvalue weighted by Crippen LogP contribution is 2.38. The smallest absolute Gasteiger partial charge is 0.399 e. The molecule has 0 N–H and O–H groups in total. The maximum absolute atomic E-state index is 6.23. The maximum Gasteiger partial charge on any atom is 0.494 e. The van der Waals surface area contributed by atoms with E-state index >= 15 is 0 Å². The van der Waals surface area contributed by atoms with Crippen molar-refractivity contribution in [2.75, 3.05) is 0 Å². The van der Waals surface area contributed by atoms with Gasteiger partial charge in [-0.25, -0.2) is 4.98 Å². The Hall–Kier alpha value is -3.21. The molecule has 0 unspecified atom stereocenters. The Bertz CT molecular complexity index is 1490. The second-order valence-electron chi connectivity index (χ2n) is 9.90. The SMILES string of the molecule is CC1(C)OB(c2ccc(-c3nc4ccccc4c4c3ccc3ccccc34)cc2)OC1(C)C. The highest BCUT2D eigenvalue weighted by Gasteiger charge is 2.51. The van der Waals surface area contributed by atoms with Gasteiger partial charge in [0.1, 0.15) is 0 Å². The van der Waals surface area contributed by atoms with Crippen LogP contribution in [0.1, 0.15) is 27.7 Å². The van der Waals surface area contributed by atoms with E-state index in [1.165, 1.54) is 21.5 Å². The molecule has 3 nitrogen and oxygen atoms in total. The van der Waals surface area contributed by atoms with E-state index in [1.807, 2.05) is 0 Å². The Morgan fingerprint density at radius 2 is 1.27 bits per heavy atom. The predicted molar refractivity (Wildman–Crippen MR) is 138 cm³/mol. The zero-order valence-electron chi connectivity index (χ0n) is 19.4. The van der Waals surface area contributed by atoms with Crippen LogP contribution >= 0.6 is 0 Å². The second-order valence-corrected chi connectivity index (χ2v) is 9.90. The largest absolute Gasteiger partial charge is 0.494 e. The summed E-state index contributed by atoms with van der Waals surface area (Å²) in [4.78, 5) is 5.09. The van der Waals surface area contributed by atoms with Gasteiger partial charge in [0.05, 0.1) is 22.4 Å². The molecule has 0 radical (unpaired) electrons. The normalized spacial score (nSPS) is 17.3. The van der Waals surface area contributed by atoms with E-state index < -0.39 is 0 Å². The van der Waals surface area contributed by atoms with Crippen molar-refractivity contribution in [3.8, 4) is 11.3 Å². The molecule has 1 aromatic heterocycles. The van der Waals surface area contributed by atoms with E-state index in [0.29, 0.717) is 0 Å². The van der Waals surface area contributed by atoms with Gasteiger partial charge in [-0.2, -0.15) is 0 Å². The average Bonchev–Trinajstić information content (AvgIpc) is 3.05. The summed E-state index contributed by atoms with van der Waals surface area (Å²) in [6.45, 7) is 8.32. The van der Waals surface area contributed by atoms with Gasteiger partial charge < -0.3 is 9.31 Å². The molecule has 2 heterocycles. The molecular weight excluding hydrogens is 405 g/mol. The lowest BCUT2D eigenvalue weighted by Gasteiger charge is -2.32. The number of nitrogens with zero attached hydrogens (tertiary/aromatic N) is 1. The van der Waals surface area contributed by atoms with Crippen molar-refractivity contribution in [1.82, 2.24) is 4.98 Å². The molecule has 0 bridgehead atoms. The molecule has 0 amide bonds. The van der Waals surface area contributed by atoms with Crippen LogP contribution in [0, 0.1) is 0 Å². The zero-order chi connectivity index (χ0) is 22.8. The van der Waals surface area contributed by atoms with Crippen LogP contribution in [-0.2, 0) is 9.31 Å². The van der Waals surface area contributed by atoms with Crippen LogP contribution in [0.25, 0.3) is 43.7 Å². The number of hydrogen-bond donors (Lipinski definition) is 0. The van der Waals surface area contributed by atoms with Crippen molar-refractivity contribution in [2.24, 2.45) is 0 Å². The fourth-order valence-electron chi connectivity index (χ4n) is 4.72. The van der Waals surface area contributed by atoms with Crippen molar-refractivity contribution >= 4 is 45.0 Å². The van der Waals surface area contributed by atoms with Gasteiger partial charge in [-0.15, -0.1) is 0 Å². The number of hydrogen-bond acceptors (Lipinski definition) is 3. The minimum Gasteiger partial charge on any atom is -0.399 e. The number of rotatable bonds is 2. The van der Waals surface area contributed by atoms with Gasteiger partial charge >= 0.3 is 7.12 Å². The molecule has 1 fully saturated rings. The number of pyridine rings is 1. The van der Waals surface area contributed by atoms with E-state index in [0.717, 1.165) is 27.6 Å². The lowest BCUT2D eigenvalue weighted by Crippen LogP contribution is -2.41. The number of aromatic nitrogens is 1. The summed E-state index contributed by atoms with van der Waals surface area (Å²) in [7, 11) is -0.366. The first kappa shape index (κ1) is 20.4. The summed E-state index contributed by atoms with van der Waals surface area (Å²) in [5, 5.41) is 6.09. The van der Waals surface area contributed by atoms with Crippen molar-refractivity contribution < 1.29 is 9.31 Å². The van der Waals surface area contributed by atoms with Crippen LogP contribution in [0.15, 0.2) is 84.9 Å². The van der Waals surface area contributed by atoms with E-state index in [4.69, 9.17) is 14.3 Å². The van der Waals surface area contributed by atoms with Crippen molar-refractivity contribution in [3.05, 3.63) is 84.9 Å². The first-order valence-electron chi connectivity index (χ1n) is 11.5. The minimum absolute atomic E-state index is 0.354. The summed E-state index contributed by atoms with van der Waals surface area (Å²) in [6, 6.07) is 29.8. The van der Waals surface area contributed by atoms with Gasteiger partial charge in [0.2, 0.25) is 0 Å². The molecule has 0 spiro atoms. The molecule has 1 saturated heterocycles. The standard InChI is InChI=1S/C29H26BNO2/c1-28(2)29(3,4)33-30(32-28)21-16-13-20(14-17-21)27-24-18-15-19-9-5-6-10-22(19)26(24)23-11-7-8-12-25(23)31-27/h5-18H,1-4H3.